The Kier molecular flexibility index (Phi) is 4.66. The van der Waals surface area contributed by atoms with Crippen LogP contribution in [0, 0.1) is 5.82 Å². The van der Waals surface area contributed by atoms with E-state index < -0.39 is 18.0 Å². The molecule has 1 aromatic heterocycles. The Balaban J connectivity index is 2.10. The van der Waals surface area contributed by atoms with Gasteiger partial charge in [0, 0.05) is 25.2 Å². The molecule has 0 saturated carbocycles. The Morgan fingerprint density at radius 1 is 1.48 bits per heavy atom. The van der Waals surface area contributed by atoms with Gasteiger partial charge in [-0.05, 0) is 18.2 Å². The minimum absolute atomic E-state index is 0.0678. The SMILES string of the molecule is CC(=O)NCC(O)C(O)c1cnn(-c2cccc(F)c2)c1. The Labute approximate surface area is 120 Å². The van der Waals surface area contributed by atoms with E-state index >= 15 is 0 Å². The van der Waals surface area contributed by atoms with Crippen molar-refractivity contribution >= 4 is 5.91 Å². The van der Waals surface area contributed by atoms with Crippen molar-refractivity contribution in [2.24, 2.45) is 0 Å². The standard InChI is InChI=1S/C14H16FN3O3/c1-9(19)16-7-13(20)14(21)10-6-17-18(8-10)12-4-2-3-11(15)5-12/h2-6,8,13-14,20-21H,7H2,1H3,(H,16,19). The van der Waals surface area contributed by atoms with E-state index in [1.165, 1.54) is 36.1 Å². The number of carbonyl (C=O) groups is 1. The summed E-state index contributed by atoms with van der Waals surface area (Å²) in [4.78, 5) is 10.8. The number of amides is 1. The van der Waals surface area contributed by atoms with Gasteiger partial charge in [-0.25, -0.2) is 9.07 Å². The number of aliphatic hydroxyl groups excluding tert-OH is 2. The molecule has 0 aliphatic rings. The number of aliphatic hydroxyl groups is 2. The highest BCUT2D eigenvalue weighted by Crippen LogP contribution is 2.18. The fourth-order valence-corrected chi connectivity index (χ4v) is 1.83. The summed E-state index contributed by atoms with van der Waals surface area (Å²) in [7, 11) is 0. The van der Waals surface area contributed by atoms with Crippen molar-refractivity contribution in [3.05, 3.63) is 48.0 Å². The van der Waals surface area contributed by atoms with Crippen molar-refractivity contribution in [2.75, 3.05) is 6.54 Å². The highest BCUT2D eigenvalue weighted by Gasteiger charge is 2.20. The second-order valence-electron chi connectivity index (χ2n) is 4.65. The number of aromatic nitrogens is 2. The molecule has 6 nitrogen and oxygen atoms in total. The topological polar surface area (TPSA) is 87.4 Å². The van der Waals surface area contributed by atoms with Crippen LogP contribution in [-0.2, 0) is 4.79 Å². The van der Waals surface area contributed by atoms with Gasteiger partial charge in [-0.1, -0.05) is 6.07 Å². The maximum absolute atomic E-state index is 13.2. The zero-order valence-electron chi connectivity index (χ0n) is 11.4. The van der Waals surface area contributed by atoms with Gasteiger partial charge in [0.15, 0.2) is 0 Å². The summed E-state index contributed by atoms with van der Waals surface area (Å²) in [5.74, 6) is -0.688. The van der Waals surface area contributed by atoms with Crippen molar-refractivity contribution in [1.29, 1.82) is 0 Å². The van der Waals surface area contributed by atoms with Crippen LogP contribution in [-0.4, -0.2) is 38.5 Å². The van der Waals surface area contributed by atoms with Crippen LogP contribution < -0.4 is 5.32 Å². The van der Waals surface area contributed by atoms with Crippen molar-refractivity contribution in [3.8, 4) is 5.69 Å². The van der Waals surface area contributed by atoms with Crippen molar-refractivity contribution in [1.82, 2.24) is 15.1 Å². The molecule has 2 unspecified atom stereocenters. The molecular formula is C14H16FN3O3. The first-order valence-corrected chi connectivity index (χ1v) is 6.38. The number of hydrogen-bond donors (Lipinski definition) is 3. The zero-order chi connectivity index (χ0) is 15.4. The normalized spacial score (nSPS) is 13.7. The van der Waals surface area contributed by atoms with Gasteiger partial charge < -0.3 is 15.5 Å². The molecule has 3 N–H and O–H groups in total. The number of carbonyl (C=O) groups excluding carboxylic acids is 1. The molecule has 7 heteroatoms. The third-order valence-electron chi connectivity index (χ3n) is 2.94. The second kappa shape index (κ2) is 6.47. The fraction of sp³-hybridized carbons (Fsp3) is 0.286. The van der Waals surface area contributed by atoms with E-state index in [9.17, 15) is 19.4 Å². The van der Waals surface area contributed by atoms with Crippen LogP contribution in [0.4, 0.5) is 4.39 Å². The zero-order valence-corrected chi connectivity index (χ0v) is 11.4. The smallest absolute Gasteiger partial charge is 0.216 e. The Morgan fingerprint density at radius 3 is 2.90 bits per heavy atom. The van der Waals surface area contributed by atoms with Gasteiger partial charge in [-0.3, -0.25) is 4.79 Å². The summed E-state index contributed by atoms with van der Waals surface area (Å²) in [5.41, 5.74) is 0.877. The molecule has 0 saturated heterocycles. The molecule has 0 fully saturated rings. The molecule has 0 bridgehead atoms. The van der Waals surface area contributed by atoms with Crippen molar-refractivity contribution in [3.63, 3.8) is 0 Å². The average molecular weight is 293 g/mol. The predicted molar refractivity (Wildman–Crippen MR) is 73.2 cm³/mol. The highest BCUT2D eigenvalue weighted by molar-refractivity contribution is 5.72. The molecule has 21 heavy (non-hydrogen) atoms. The van der Waals surface area contributed by atoms with Crippen LogP contribution in [0.25, 0.3) is 5.69 Å². The summed E-state index contributed by atoms with van der Waals surface area (Å²) in [6.07, 6.45) is 0.529. The first-order valence-electron chi connectivity index (χ1n) is 6.38. The Hall–Kier alpha value is -2.25. The molecular weight excluding hydrogens is 277 g/mol. The summed E-state index contributed by atoms with van der Waals surface area (Å²) < 4.78 is 14.5. The van der Waals surface area contributed by atoms with E-state index in [0.29, 0.717) is 11.3 Å². The van der Waals surface area contributed by atoms with E-state index in [2.05, 4.69) is 10.4 Å². The van der Waals surface area contributed by atoms with E-state index in [-0.39, 0.29) is 12.5 Å². The Morgan fingerprint density at radius 2 is 2.24 bits per heavy atom. The largest absolute Gasteiger partial charge is 0.388 e. The van der Waals surface area contributed by atoms with Gasteiger partial charge in [0.05, 0.1) is 11.9 Å². The molecule has 1 heterocycles. The maximum Gasteiger partial charge on any atom is 0.216 e. The minimum Gasteiger partial charge on any atom is -0.388 e. The van der Waals surface area contributed by atoms with E-state index in [4.69, 9.17) is 0 Å². The van der Waals surface area contributed by atoms with E-state index in [0.717, 1.165) is 0 Å². The van der Waals surface area contributed by atoms with Crippen molar-refractivity contribution < 1.29 is 19.4 Å². The lowest BCUT2D eigenvalue weighted by atomic mass is 10.1. The van der Waals surface area contributed by atoms with Crippen LogP contribution in [0.15, 0.2) is 36.7 Å². The first-order chi connectivity index (χ1) is 9.97. The summed E-state index contributed by atoms with van der Waals surface area (Å²) in [6, 6.07) is 5.84. The molecule has 1 amide bonds. The number of halogens is 1. The molecule has 0 aliphatic heterocycles. The molecule has 0 spiro atoms. The highest BCUT2D eigenvalue weighted by atomic mass is 19.1. The molecule has 2 aromatic rings. The second-order valence-corrected chi connectivity index (χ2v) is 4.65. The van der Waals surface area contributed by atoms with Crippen LogP contribution >= 0.6 is 0 Å². The predicted octanol–water partition coefficient (Wildman–Crippen LogP) is 0.542. The van der Waals surface area contributed by atoms with Crippen LogP contribution in [0.2, 0.25) is 0 Å². The van der Waals surface area contributed by atoms with Crippen molar-refractivity contribution in [2.45, 2.75) is 19.1 Å². The number of nitrogens with one attached hydrogen (secondary N) is 1. The molecule has 2 atom stereocenters. The Bertz CT molecular complexity index is 629. The van der Waals surface area contributed by atoms with Gasteiger partial charge >= 0.3 is 0 Å². The number of nitrogens with zero attached hydrogens (tertiary/aromatic N) is 2. The molecule has 0 aliphatic carbocycles. The lowest BCUT2D eigenvalue weighted by molar-refractivity contribution is -0.119. The number of rotatable bonds is 5. The van der Waals surface area contributed by atoms with Gasteiger partial charge in [0.25, 0.3) is 0 Å². The minimum atomic E-state index is -1.20. The van der Waals surface area contributed by atoms with E-state index in [1.54, 1.807) is 12.1 Å². The van der Waals surface area contributed by atoms with Crippen LogP contribution in [0.3, 0.4) is 0 Å². The molecule has 2 rings (SSSR count). The number of hydrogen-bond acceptors (Lipinski definition) is 4. The monoisotopic (exact) mass is 293 g/mol. The lowest BCUT2D eigenvalue weighted by Crippen LogP contribution is -2.34. The van der Waals surface area contributed by atoms with Crippen LogP contribution in [0.1, 0.15) is 18.6 Å². The van der Waals surface area contributed by atoms with Gasteiger partial charge in [-0.2, -0.15) is 5.10 Å². The van der Waals surface area contributed by atoms with Crippen LogP contribution in [0.5, 0.6) is 0 Å². The maximum atomic E-state index is 13.2. The molecule has 1 aromatic carbocycles. The van der Waals surface area contributed by atoms with Gasteiger partial charge in [0.1, 0.15) is 18.0 Å². The first kappa shape index (κ1) is 15.1. The average Bonchev–Trinajstić information content (AvgIpc) is 2.93. The quantitative estimate of drug-likeness (QED) is 0.751. The van der Waals surface area contributed by atoms with E-state index in [1.807, 2.05) is 0 Å². The molecule has 112 valence electrons. The summed E-state index contributed by atoms with van der Waals surface area (Å²) >= 11 is 0. The summed E-state index contributed by atoms with van der Waals surface area (Å²) in [5, 5.41) is 26.2. The summed E-state index contributed by atoms with van der Waals surface area (Å²) in [6.45, 7) is 1.25. The third kappa shape index (κ3) is 3.87. The van der Waals surface area contributed by atoms with Gasteiger partial charge in [0.2, 0.25) is 5.91 Å². The van der Waals surface area contributed by atoms with Gasteiger partial charge in [-0.15, -0.1) is 0 Å². The lowest BCUT2D eigenvalue weighted by Gasteiger charge is -2.16. The number of benzene rings is 1. The fourth-order valence-electron chi connectivity index (χ4n) is 1.83. The molecule has 0 radical (unpaired) electrons. The third-order valence-corrected chi connectivity index (χ3v) is 2.94.